The highest BCUT2D eigenvalue weighted by Gasteiger charge is 2.25. The molecule has 0 aliphatic carbocycles. The molecule has 8 heteroatoms. The van der Waals surface area contributed by atoms with Crippen LogP contribution in [0.25, 0.3) is 27.8 Å². The third kappa shape index (κ3) is 4.64. The summed E-state index contributed by atoms with van der Waals surface area (Å²) in [5.41, 5.74) is 14.3. The number of nitrogens with zero attached hydrogens (tertiary/aromatic N) is 4. The van der Waals surface area contributed by atoms with E-state index in [1.54, 1.807) is 11.6 Å². The van der Waals surface area contributed by atoms with Crippen molar-refractivity contribution in [2.75, 3.05) is 18.2 Å². The zero-order chi connectivity index (χ0) is 25.9. The first-order valence-electron chi connectivity index (χ1n) is 11.7. The molecule has 8 nitrogen and oxygen atoms in total. The minimum Gasteiger partial charge on any atom is -0.480 e. The van der Waals surface area contributed by atoms with Crippen LogP contribution in [0, 0.1) is 6.92 Å². The quantitative estimate of drug-likeness (QED) is 0.308. The Morgan fingerprint density at radius 2 is 1.76 bits per heavy atom. The lowest BCUT2D eigenvalue weighted by Crippen LogP contribution is -2.06. The molecule has 0 radical (unpaired) electrons. The molecule has 0 aliphatic rings. The van der Waals surface area contributed by atoms with Gasteiger partial charge in [-0.3, -0.25) is 9.78 Å². The van der Waals surface area contributed by atoms with Crippen molar-refractivity contribution in [2.45, 2.75) is 13.3 Å². The van der Waals surface area contributed by atoms with Crippen molar-refractivity contribution in [2.24, 2.45) is 0 Å². The molecule has 0 saturated heterocycles. The Morgan fingerprint density at radius 1 is 1.05 bits per heavy atom. The summed E-state index contributed by atoms with van der Waals surface area (Å²) in [4.78, 5) is 20.6. The molecule has 1 amide bonds. The first-order valence-corrected chi connectivity index (χ1v) is 11.7. The Kier molecular flexibility index (Phi) is 6.38. The molecule has 0 spiro atoms. The number of ether oxygens (including phenoxy) is 1. The Morgan fingerprint density at radius 3 is 2.43 bits per heavy atom. The summed E-state index contributed by atoms with van der Waals surface area (Å²) < 4.78 is 7.49. The van der Waals surface area contributed by atoms with Gasteiger partial charge in [-0.05, 0) is 54.0 Å². The molecule has 3 heterocycles. The van der Waals surface area contributed by atoms with E-state index in [0.29, 0.717) is 22.9 Å². The number of nitrogen functional groups attached to an aromatic ring is 1. The summed E-state index contributed by atoms with van der Waals surface area (Å²) >= 11 is 0. The van der Waals surface area contributed by atoms with E-state index in [1.165, 1.54) is 12.4 Å². The number of rotatable bonds is 7. The van der Waals surface area contributed by atoms with E-state index in [1.807, 2.05) is 49.4 Å². The number of pyridine rings is 1. The average Bonchev–Trinajstić information content (AvgIpc) is 3.25. The third-order valence-electron chi connectivity index (χ3n) is 6.11. The third-order valence-corrected chi connectivity index (χ3v) is 6.11. The second kappa shape index (κ2) is 9.94. The van der Waals surface area contributed by atoms with Crippen molar-refractivity contribution in [3.8, 4) is 28.1 Å². The minimum absolute atomic E-state index is 0.273. The lowest BCUT2D eigenvalue weighted by Gasteiger charge is -2.10. The number of nitrogens with two attached hydrogens (primary N) is 1. The van der Waals surface area contributed by atoms with E-state index >= 15 is 0 Å². The van der Waals surface area contributed by atoms with E-state index in [-0.39, 0.29) is 5.91 Å². The van der Waals surface area contributed by atoms with Crippen LogP contribution >= 0.6 is 0 Å². The highest BCUT2D eigenvalue weighted by Crippen LogP contribution is 2.45. The molecule has 0 unspecified atom stereocenters. The van der Waals surface area contributed by atoms with E-state index in [2.05, 4.69) is 51.2 Å². The molecule has 3 aromatic heterocycles. The number of hydrogen-bond acceptors (Lipinski definition) is 6. The topological polar surface area (TPSA) is 107 Å². The summed E-state index contributed by atoms with van der Waals surface area (Å²) in [5.74, 6) is 0.608. The van der Waals surface area contributed by atoms with Gasteiger partial charge in [-0.15, -0.1) is 0 Å². The molecule has 5 aromatic rings. The molecule has 0 fully saturated rings. The summed E-state index contributed by atoms with van der Waals surface area (Å²) in [6.07, 6.45) is 3.37. The van der Waals surface area contributed by atoms with Crippen molar-refractivity contribution < 1.29 is 9.53 Å². The number of nitrogens with one attached hydrogen (secondary N) is 1. The Labute approximate surface area is 214 Å². The Balaban J connectivity index is 1.62. The second-order valence-electron chi connectivity index (χ2n) is 8.58. The second-order valence-corrected chi connectivity index (χ2v) is 8.58. The van der Waals surface area contributed by atoms with E-state index < -0.39 is 0 Å². The summed E-state index contributed by atoms with van der Waals surface area (Å²) in [7, 11) is 1.60. The van der Waals surface area contributed by atoms with Crippen molar-refractivity contribution in [1.29, 1.82) is 0 Å². The number of anilines is 2. The number of aryl methyl sites for hydroxylation is 1. The molecular weight excluding hydrogens is 464 g/mol. The molecule has 0 bridgehead atoms. The molecule has 0 saturated carbocycles. The van der Waals surface area contributed by atoms with Gasteiger partial charge < -0.3 is 15.8 Å². The number of fused-ring (bicyclic) bond motifs is 1. The van der Waals surface area contributed by atoms with Crippen LogP contribution in [0.5, 0.6) is 5.88 Å². The van der Waals surface area contributed by atoms with Gasteiger partial charge >= 0.3 is 0 Å². The van der Waals surface area contributed by atoms with E-state index in [9.17, 15) is 4.79 Å². The van der Waals surface area contributed by atoms with Gasteiger partial charge in [0, 0.05) is 29.1 Å². The van der Waals surface area contributed by atoms with Crippen LogP contribution < -0.4 is 15.8 Å². The monoisotopic (exact) mass is 490 g/mol. The molecule has 2 aromatic carbocycles. The molecule has 0 atom stereocenters. The van der Waals surface area contributed by atoms with Gasteiger partial charge in [-0.25, -0.2) is 4.98 Å². The van der Waals surface area contributed by atoms with Crippen LogP contribution in [0.3, 0.4) is 0 Å². The molecular formula is C29H26N6O2. The van der Waals surface area contributed by atoms with Crippen molar-refractivity contribution in [1.82, 2.24) is 19.6 Å². The van der Waals surface area contributed by atoms with Crippen molar-refractivity contribution in [3.05, 3.63) is 103 Å². The highest BCUT2D eigenvalue weighted by molar-refractivity contribution is 6.02. The average molecular weight is 491 g/mol. The number of aromatic nitrogens is 4. The lowest BCUT2D eigenvalue weighted by atomic mass is 9.95. The predicted octanol–water partition coefficient (Wildman–Crippen LogP) is 5.07. The highest BCUT2D eigenvalue weighted by atomic mass is 16.5. The van der Waals surface area contributed by atoms with Gasteiger partial charge in [0.25, 0.3) is 0 Å². The van der Waals surface area contributed by atoms with Gasteiger partial charge in [-0.1, -0.05) is 49.0 Å². The van der Waals surface area contributed by atoms with Crippen LogP contribution in [-0.2, 0) is 11.2 Å². The summed E-state index contributed by atoms with van der Waals surface area (Å²) in [6, 6.07) is 21.8. The van der Waals surface area contributed by atoms with Crippen molar-refractivity contribution >= 4 is 22.9 Å². The number of carbonyl (C=O) groups is 1. The van der Waals surface area contributed by atoms with Crippen LogP contribution in [0.2, 0.25) is 0 Å². The zero-order valence-corrected chi connectivity index (χ0v) is 20.6. The van der Waals surface area contributed by atoms with Crippen LogP contribution in [0.15, 0.2) is 85.7 Å². The molecule has 3 N–H and O–H groups in total. The largest absolute Gasteiger partial charge is 0.480 e. The smallest absolute Gasteiger partial charge is 0.247 e. The maximum Gasteiger partial charge on any atom is 0.247 e. The number of carbonyl (C=O) groups excluding carboxylic acids is 1. The SMILES string of the molecule is C=CC(=O)Nc1ccc(-c2c(-c3ccc(Cc4cccc(C)n4)cc3)c3c(N)ncnn3c2OC)cc1. The Bertz CT molecular complexity index is 1600. The van der Waals surface area contributed by atoms with E-state index in [4.69, 9.17) is 10.5 Å². The maximum absolute atomic E-state index is 11.7. The number of benzene rings is 2. The predicted molar refractivity (Wildman–Crippen MR) is 145 cm³/mol. The number of hydrogen-bond donors (Lipinski definition) is 2. The fraction of sp³-hybridized carbons (Fsp3) is 0.103. The van der Waals surface area contributed by atoms with Crippen LogP contribution in [-0.4, -0.2) is 32.6 Å². The summed E-state index contributed by atoms with van der Waals surface area (Å²) in [5, 5.41) is 7.19. The first kappa shape index (κ1) is 23.7. The Hall–Kier alpha value is -4.98. The fourth-order valence-corrected chi connectivity index (χ4v) is 4.43. The van der Waals surface area contributed by atoms with Gasteiger partial charge in [0.15, 0.2) is 5.82 Å². The van der Waals surface area contributed by atoms with E-state index in [0.717, 1.165) is 45.6 Å². The van der Waals surface area contributed by atoms with Gasteiger partial charge in [0.1, 0.15) is 11.8 Å². The van der Waals surface area contributed by atoms with Crippen LogP contribution in [0.1, 0.15) is 17.0 Å². The van der Waals surface area contributed by atoms with Gasteiger partial charge in [-0.2, -0.15) is 9.61 Å². The standard InChI is InChI=1S/C29H26N6O2/c1-4-24(36)34-22-14-12-21(13-15-22)26-25(27-28(30)31-17-32-35(27)29(26)37-3)20-10-8-19(9-11-20)16-23-7-5-6-18(2)33-23/h4-15,17H,1,16H2,2-3H3,(H,34,36)(H2,30,31,32). The number of methoxy groups -OCH3 is 1. The first-order chi connectivity index (χ1) is 18.0. The minimum atomic E-state index is -0.273. The molecule has 5 rings (SSSR count). The number of amides is 1. The zero-order valence-electron chi connectivity index (χ0n) is 20.6. The molecule has 184 valence electrons. The maximum atomic E-state index is 11.7. The summed E-state index contributed by atoms with van der Waals surface area (Å²) in [6.45, 7) is 5.49. The van der Waals surface area contributed by atoms with Gasteiger partial charge in [0.2, 0.25) is 11.8 Å². The normalized spacial score (nSPS) is 10.9. The van der Waals surface area contributed by atoms with Crippen LogP contribution in [0.4, 0.5) is 11.5 Å². The fourth-order valence-electron chi connectivity index (χ4n) is 4.43. The van der Waals surface area contributed by atoms with Crippen molar-refractivity contribution in [3.63, 3.8) is 0 Å². The molecule has 0 aliphatic heterocycles. The lowest BCUT2D eigenvalue weighted by molar-refractivity contribution is -0.111. The van der Waals surface area contributed by atoms with Gasteiger partial charge in [0.05, 0.1) is 12.7 Å². The molecule has 37 heavy (non-hydrogen) atoms.